The van der Waals surface area contributed by atoms with Gasteiger partial charge in [0, 0.05) is 0 Å². The fraction of sp³-hybridized carbons (Fsp3) is 0.889. The molecular weight excluding hydrogens is 260 g/mol. The zero-order valence-corrected chi connectivity index (χ0v) is 9.50. The summed E-state index contributed by atoms with van der Waals surface area (Å²) in [6.45, 7) is 7.47. The molecule has 3 aliphatic rings. The van der Waals surface area contributed by atoms with Gasteiger partial charge in [-0.05, 0) is 0 Å². The van der Waals surface area contributed by atoms with E-state index in [0.29, 0.717) is 0 Å². The molecule has 0 radical (unpaired) electrons. The van der Waals surface area contributed by atoms with E-state index in [-0.39, 0.29) is 0 Å². The van der Waals surface area contributed by atoms with Gasteiger partial charge < -0.3 is 0 Å². The minimum absolute atomic E-state index is 0.776. The topological polar surface area (TPSA) is 0 Å². The van der Waals surface area contributed by atoms with Crippen LogP contribution < -0.4 is 0 Å². The van der Waals surface area contributed by atoms with Crippen molar-refractivity contribution in [3.05, 3.63) is 0 Å². The molecule has 0 amide bonds. The first-order valence-electron chi connectivity index (χ1n) is 4.10. The second-order valence-corrected chi connectivity index (χ2v) is 12.5. The zero-order chi connectivity index (χ0) is 7.35. The van der Waals surface area contributed by atoms with Crippen LogP contribution in [0.25, 0.3) is 0 Å². The van der Waals surface area contributed by atoms with Crippen LogP contribution in [-0.4, -0.2) is -0.131 Å². The molecule has 0 aromatic carbocycles. The van der Waals surface area contributed by atoms with E-state index < -0.39 is 41.7 Å². The Kier molecular flexibility index (Phi) is 1.99. The second-order valence-electron chi connectivity index (χ2n) is 3.99. The molecule has 10 heavy (non-hydrogen) atoms. The van der Waals surface area contributed by atoms with Crippen molar-refractivity contribution >= 4 is -0.131 Å². The van der Waals surface area contributed by atoms with Crippen molar-refractivity contribution in [2.45, 2.75) is 34.2 Å². The van der Waals surface area contributed by atoms with Crippen LogP contribution in [0, 0.1) is 47.7 Å². The Hall–Kier alpha value is 1.45. The Labute approximate surface area is 80.3 Å². The average Bonchev–Trinajstić information content (AvgIpc) is 1.87. The maximum absolute atomic E-state index is 2.52. The summed E-state index contributed by atoms with van der Waals surface area (Å²) in [4.78, 5) is 0. The summed E-state index contributed by atoms with van der Waals surface area (Å²) in [7, 11) is 0. The standard InChI is InChI=1S/C9H16.Eu/c1-5-6-7-9(4)8(2)3;/h9H,4,6-7H2,1-3H3;. The van der Waals surface area contributed by atoms with Crippen LogP contribution in [0.15, 0.2) is 0 Å². The normalized spacial score (nSPS) is 37.5. The van der Waals surface area contributed by atoms with E-state index in [2.05, 4.69) is 20.8 Å². The summed E-state index contributed by atoms with van der Waals surface area (Å²) in [5, 5.41) is 0. The number of rotatable bonds is 0. The monoisotopic (exact) mass is 277 g/mol. The first-order valence-corrected chi connectivity index (χ1v) is 8.24. The van der Waals surface area contributed by atoms with E-state index in [1.54, 1.807) is 0.815 Å². The zero-order valence-electron chi connectivity index (χ0n) is 7.08. The molecular formula is C9H16Eu. The molecule has 3 rings (SSSR count). The summed E-state index contributed by atoms with van der Waals surface area (Å²) in [6.07, 6.45) is 3.01. The van der Waals surface area contributed by atoms with Gasteiger partial charge in [0.25, 0.3) is 0 Å². The molecule has 0 aromatic heterocycles. The molecule has 0 N–H and O–H groups in total. The van der Waals surface area contributed by atoms with Crippen LogP contribution >= 0.6 is 0 Å². The number of hydrogen-bond acceptors (Lipinski definition) is 0. The van der Waals surface area contributed by atoms with Gasteiger partial charge in [0.05, 0.1) is 0 Å². The third-order valence-corrected chi connectivity index (χ3v) is 13.2. The van der Waals surface area contributed by atoms with Crippen LogP contribution in [0.5, 0.6) is 0 Å². The van der Waals surface area contributed by atoms with E-state index in [1.165, 1.54) is 12.8 Å². The fourth-order valence-electron chi connectivity index (χ4n) is 2.12. The van der Waals surface area contributed by atoms with E-state index in [1.807, 2.05) is -0.131 Å². The van der Waals surface area contributed by atoms with E-state index in [0.717, 1.165) is 5.73 Å². The van der Waals surface area contributed by atoms with Gasteiger partial charge in [0.15, 0.2) is 0 Å². The Morgan fingerprint density at radius 2 is 2.20 bits per heavy atom. The van der Waals surface area contributed by atoms with Gasteiger partial charge in [-0.25, -0.2) is 0 Å². The molecule has 59 valence electrons. The Morgan fingerprint density at radius 1 is 1.50 bits per heavy atom. The van der Waals surface area contributed by atoms with Crippen molar-refractivity contribution in [2.75, 3.05) is 0 Å². The average molecular weight is 276 g/mol. The van der Waals surface area contributed by atoms with Crippen molar-refractivity contribution in [3.63, 3.8) is 0 Å². The van der Waals surface area contributed by atoms with Crippen molar-refractivity contribution in [1.82, 2.24) is 0 Å². The molecule has 1 atom stereocenters. The predicted octanol–water partition coefficient (Wildman–Crippen LogP) is 2.84. The van der Waals surface area contributed by atoms with Gasteiger partial charge in [0.2, 0.25) is 0 Å². The Balaban J connectivity index is 2.39. The molecule has 0 nitrogen and oxygen atoms in total. The fourth-order valence-corrected chi connectivity index (χ4v) is 11.8. The van der Waals surface area contributed by atoms with Crippen molar-refractivity contribution in [2.24, 2.45) is 5.92 Å². The molecule has 0 saturated carbocycles. The van der Waals surface area contributed by atoms with Crippen LogP contribution in [0.2, 0.25) is 0.624 Å². The number of hydrogen-bond donors (Lipinski definition) is 0. The summed E-state index contributed by atoms with van der Waals surface area (Å²) in [5.74, 6) is 1.14. The van der Waals surface area contributed by atoms with Gasteiger partial charge in [-0.2, -0.15) is 0 Å². The molecule has 1 saturated heterocycles. The first-order chi connectivity index (χ1) is 4.62. The molecule has 2 bridgehead atoms. The summed E-state index contributed by atoms with van der Waals surface area (Å²) in [6, 6.07) is 0. The molecule has 3 heterocycles. The van der Waals surface area contributed by atoms with E-state index in [4.69, 9.17) is 0 Å². The van der Waals surface area contributed by atoms with Crippen molar-refractivity contribution in [1.29, 1.82) is 0 Å². The SMILES string of the molecule is C[C]1=[Eu]2[CH2]C(CC1)[C]2(C)C. The third-order valence-electron chi connectivity index (χ3n) is 3.13. The van der Waals surface area contributed by atoms with Gasteiger partial charge in [-0.3, -0.25) is 0 Å². The first kappa shape index (κ1) is 8.07. The molecule has 3 aliphatic heterocycles. The molecule has 0 aliphatic carbocycles. The van der Waals surface area contributed by atoms with Gasteiger partial charge in [0.1, 0.15) is 0 Å². The minimum atomic E-state index is -0.776. The summed E-state index contributed by atoms with van der Waals surface area (Å²) >= 11 is -0.776. The molecule has 1 unspecified atom stereocenters. The van der Waals surface area contributed by atoms with Crippen LogP contribution in [0.3, 0.4) is 0 Å². The van der Waals surface area contributed by atoms with Crippen LogP contribution in [0.1, 0.15) is 33.6 Å². The summed E-state index contributed by atoms with van der Waals surface area (Å²) < 4.78 is 4.49. The second kappa shape index (κ2) is 2.47. The maximum atomic E-state index is 2.52. The quantitative estimate of drug-likeness (QED) is 0.638. The molecule has 0 aromatic rings. The van der Waals surface area contributed by atoms with E-state index in [9.17, 15) is 0 Å². The molecule has 0 spiro atoms. The Bertz CT molecular complexity index is 201. The molecule has 1 fully saturated rings. The third kappa shape index (κ3) is 0.966. The van der Waals surface area contributed by atoms with Crippen LogP contribution in [0.4, 0.5) is 0 Å². The summed E-state index contributed by atoms with van der Waals surface area (Å²) in [5.41, 5.74) is 0. The van der Waals surface area contributed by atoms with Gasteiger partial charge in [-0.15, -0.1) is 0 Å². The van der Waals surface area contributed by atoms with Crippen LogP contribution in [-0.2, 0) is 0 Å². The Morgan fingerprint density at radius 3 is 2.50 bits per heavy atom. The van der Waals surface area contributed by atoms with Crippen molar-refractivity contribution < 1.29 is 41.7 Å². The van der Waals surface area contributed by atoms with Crippen molar-refractivity contribution in [3.8, 4) is 0 Å². The number of fused-ring (bicyclic) bond motifs is 2. The molecule has 1 heteroatoms. The van der Waals surface area contributed by atoms with Gasteiger partial charge in [-0.1, -0.05) is 0 Å². The predicted molar refractivity (Wildman–Crippen MR) is 42.3 cm³/mol. The van der Waals surface area contributed by atoms with E-state index >= 15 is 0 Å². The van der Waals surface area contributed by atoms with Gasteiger partial charge >= 0.3 is 81.8 Å².